The molecule has 2 aromatic rings. The number of hydrogen-bond donors (Lipinski definition) is 1. The van der Waals surface area contributed by atoms with Crippen LogP contribution < -0.4 is 5.32 Å². The lowest BCUT2D eigenvalue weighted by atomic mass is 10.3. The highest BCUT2D eigenvalue weighted by molar-refractivity contribution is 14.1. The first-order valence-electron chi connectivity index (χ1n) is 5.14. The van der Waals surface area contributed by atoms with Gasteiger partial charge in [0.1, 0.15) is 0 Å². The molecule has 0 unspecified atom stereocenters. The molecular formula is C12H13IN2S. The quantitative estimate of drug-likeness (QED) is 0.856. The van der Waals surface area contributed by atoms with Gasteiger partial charge in [-0.15, -0.1) is 11.3 Å². The van der Waals surface area contributed by atoms with Crippen molar-refractivity contribution < 1.29 is 0 Å². The Balaban J connectivity index is 1.87. The molecule has 2 rings (SSSR count). The number of halogens is 1. The minimum Gasteiger partial charge on any atom is -0.385 e. The molecule has 2 nitrogen and oxygen atoms in total. The van der Waals surface area contributed by atoms with Crippen molar-refractivity contribution in [1.29, 1.82) is 0 Å². The van der Waals surface area contributed by atoms with Gasteiger partial charge in [0.2, 0.25) is 0 Å². The average molecular weight is 344 g/mol. The van der Waals surface area contributed by atoms with Crippen molar-refractivity contribution in [2.45, 2.75) is 13.3 Å². The predicted molar refractivity (Wildman–Crippen MR) is 78.2 cm³/mol. The predicted octanol–water partition coefficient (Wildman–Crippen LogP) is 3.71. The van der Waals surface area contributed by atoms with E-state index in [1.54, 1.807) is 11.3 Å². The SMILES string of the molecule is Cc1ncsc1CCNc1cccc(I)c1. The van der Waals surface area contributed by atoms with E-state index < -0.39 is 0 Å². The summed E-state index contributed by atoms with van der Waals surface area (Å²) in [6.07, 6.45) is 1.04. The van der Waals surface area contributed by atoms with Gasteiger partial charge in [-0.25, -0.2) is 4.98 Å². The van der Waals surface area contributed by atoms with Crippen molar-refractivity contribution in [1.82, 2.24) is 4.98 Å². The van der Waals surface area contributed by atoms with E-state index in [0.29, 0.717) is 0 Å². The van der Waals surface area contributed by atoms with Gasteiger partial charge in [-0.05, 0) is 47.7 Å². The number of hydrogen-bond acceptors (Lipinski definition) is 3. The largest absolute Gasteiger partial charge is 0.385 e. The van der Waals surface area contributed by atoms with Crippen LogP contribution in [0.15, 0.2) is 29.8 Å². The lowest BCUT2D eigenvalue weighted by Crippen LogP contribution is -2.04. The number of aromatic nitrogens is 1. The second kappa shape index (κ2) is 5.63. The third kappa shape index (κ3) is 3.18. The molecule has 0 saturated carbocycles. The van der Waals surface area contributed by atoms with E-state index in [1.165, 1.54) is 14.1 Å². The first kappa shape index (κ1) is 11.9. The van der Waals surface area contributed by atoms with Crippen molar-refractivity contribution in [3.63, 3.8) is 0 Å². The number of thiazole rings is 1. The van der Waals surface area contributed by atoms with Crippen LogP contribution in [0, 0.1) is 10.5 Å². The van der Waals surface area contributed by atoms with Gasteiger partial charge >= 0.3 is 0 Å². The third-order valence-corrected chi connectivity index (χ3v) is 4.02. The first-order chi connectivity index (χ1) is 7.75. The highest BCUT2D eigenvalue weighted by Crippen LogP contribution is 2.15. The molecule has 4 heteroatoms. The van der Waals surface area contributed by atoms with E-state index in [0.717, 1.165) is 18.7 Å². The van der Waals surface area contributed by atoms with Crippen LogP contribution in [0.3, 0.4) is 0 Å². The standard InChI is InChI=1S/C12H13IN2S/c1-9-12(16-8-15-9)5-6-14-11-4-2-3-10(13)7-11/h2-4,7-8,14H,5-6H2,1H3. The molecule has 0 saturated heterocycles. The molecule has 0 aliphatic carbocycles. The molecule has 0 aliphatic rings. The van der Waals surface area contributed by atoms with Crippen molar-refractivity contribution in [2.75, 3.05) is 11.9 Å². The Morgan fingerprint density at radius 1 is 1.44 bits per heavy atom. The first-order valence-corrected chi connectivity index (χ1v) is 7.10. The van der Waals surface area contributed by atoms with Gasteiger partial charge in [-0.3, -0.25) is 0 Å². The summed E-state index contributed by atoms with van der Waals surface area (Å²) in [6, 6.07) is 8.42. The summed E-state index contributed by atoms with van der Waals surface area (Å²) >= 11 is 4.06. The molecule has 0 amide bonds. The summed E-state index contributed by atoms with van der Waals surface area (Å²) in [5.41, 5.74) is 4.26. The maximum absolute atomic E-state index is 4.25. The summed E-state index contributed by atoms with van der Waals surface area (Å²) in [7, 11) is 0. The monoisotopic (exact) mass is 344 g/mol. The second-order valence-electron chi connectivity index (χ2n) is 3.55. The average Bonchev–Trinajstić information content (AvgIpc) is 2.65. The zero-order chi connectivity index (χ0) is 11.4. The fourth-order valence-electron chi connectivity index (χ4n) is 1.48. The summed E-state index contributed by atoms with van der Waals surface area (Å²) < 4.78 is 1.26. The Labute approximate surface area is 113 Å². The van der Waals surface area contributed by atoms with E-state index in [2.05, 4.69) is 64.1 Å². The topological polar surface area (TPSA) is 24.9 Å². The molecule has 16 heavy (non-hydrogen) atoms. The molecule has 0 spiro atoms. The van der Waals surface area contributed by atoms with E-state index in [-0.39, 0.29) is 0 Å². The number of nitrogens with zero attached hydrogens (tertiary/aromatic N) is 1. The molecule has 1 aromatic heterocycles. The maximum atomic E-state index is 4.25. The summed E-state index contributed by atoms with van der Waals surface area (Å²) in [6.45, 7) is 3.03. The van der Waals surface area contributed by atoms with Gasteiger partial charge in [-0.2, -0.15) is 0 Å². The van der Waals surface area contributed by atoms with Gasteiger partial charge in [0, 0.05) is 27.1 Å². The van der Waals surface area contributed by atoms with Gasteiger partial charge in [0.05, 0.1) is 11.2 Å². The van der Waals surface area contributed by atoms with Gasteiger partial charge in [0.25, 0.3) is 0 Å². The fourth-order valence-corrected chi connectivity index (χ4v) is 2.81. The fraction of sp³-hybridized carbons (Fsp3) is 0.250. The number of nitrogens with one attached hydrogen (secondary N) is 1. The van der Waals surface area contributed by atoms with Gasteiger partial charge < -0.3 is 5.32 Å². The van der Waals surface area contributed by atoms with Gasteiger partial charge in [0.15, 0.2) is 0 Å². The minimum absolute atomic E-state index is 0.961. The number of aryl methyl sites for hydroxylation is 1. The second-order valence-corrected chi connectivity index (χ2v) is 5.73. The van der Waals surface area contributed by atoms with Crippen LogP contribution in [0.4, 0.5) is 5.69 Å². The number of anilines is 1. The highest BCUT2D eigenvalue weighted by Gasteiger charge is 2.00. The molecule has 0 fully saturated rings. The smallest absolute Gasteiger partial charge is 0.0797 e. The van der Waals surface area contributed by atoms with Crippen LogP contribution in [-0.4, -0.2) is 11.5 Å². The Kier molecular flexibility index (Phi) is 4.17. The molecule has 84 valence electrons. The Morgan fingerprint density at radius 2 is 2.31 bits per heavy atom. The third-order valence-electron chi connectivity index (χ3n) is 2.35. The van der Waals surface area contributed by atoms with E-state index >= 15 is 0 Å². The Hall–Kier alpha value is -0.620. The highest BCUT2D eigenvalue weighted by atomic mass is 127. The van der Waals surface area contributed by atoms with Crippen LogP contribution >= 0.6 is 33.9 Å². The normalized spacial score (nSPS) is 10.4. The lowest BCUT2D eigenvalue weighted by molar-refractivity contribution is 1.02. The molecule has 1 heterocycles. The maximum Gasteiger partial charge on any atom is 0.0797 e. The number of rotatable bonds is 4. The molecule has 0 radical (unpaired) electrons. The molecular weight excluding hydrogens is 331 g/mol. The minimum atomic E-state index is 0.961. The van der Waals surface area contributed by atoms with E-state index in [4.69, 9.17) is 0 Å². The Morgan fingerprint density at radius 3 is 3.00 bits per heavy atom. The molecule has 1 aromatic carbocycles. The summed E-state index contributed by atoms with van der Waals surface area (Å²) in [5, 5.41) is 3.43. The van der Waals surface area contributed by atoms with Crippen LogP contribution in [0.5, 0.6) is 0 Å². The molecule has 1 N–H and O–H groups in total. The molecule has 0 aliphatic heterocycles. The number of benzene rings is 1. The van der Waals surface area contributed by atoms with E-state index in [9.17, 15) is 0 Å². The van der Waals surface area contributed by atoms with Crippen LogP contribution in [0.1, 0.15) is 10.6 Å². The van der Waals surface area contributed by atoms with Crippen molar-refractivity contribution in [3.05, 3.63) is 43.9 Å². The van der Waals surface area contributed by atoms with Crippen LogP contribution in [-0.2, 0) is 6.42 Å². The molecule has 0 atom stereocenters. The summed E-state index contributed by atoms with van der Waals surface area (Å²) in [4.78, 5) is 5.62. The van der Waals surface area contributed by atoms with Crippen molar-refractivity contribution >= 4 is 39.6 Å². The van der Waals surface area contributed by atoms with Crippen LogP contribution in [0.2, 0.25) is 0 Å². The zero-order valence-electron chi connectivity index (χ0n) is 9.03. The Bertz CT molecular complexity index is 468. The van der Waals surface area contributed by atoms with Crippen molar-refractivity contribution in [2.24, 2.45) is 0 Å². The van der Waals surface area contributed by atoms with Gasteiger partial charge in [-0.1, -0.05) is 6.07 Å². The molecule has 0 bridgehead atoms. The zero-order valence-corrected chi connectivity index (χ0v) is 12.0. The van der Waals surface area contributed by atoms with E-state index in [1.807, 2.05) is 5.51 Å². The lowest BCUT2D eigenvalue weighted by Gasteiger charge is -2.05. The van der Waals surface area contributed by atoms with Crippen LogP contribution in [0.25, 0.3) is 0 Å². The summed E-state index contributed by atoms with van der Waals surface area (Å²) in [5.74, 6) is 0. The van der Waals surface area contributed by atoms with Crippen molar-refractivity contribution in [3.8, 4) is 0 Å².